The van der Waals surface area contributed by atoms with Crippen molar-refractivity contribution in [2.24, 2.45) is 5.73 Å². The molecule has 32 heavy (non-hydrogen) atoms. The average Bonchev–Trinajstić information content (AvgIpc) is 3.11. The van der Waals surface area contributed by atoms with Crippen LogP contribution >= 0.6 is 0 Å². The van der Waals surface area contributed by atoms with Crippen LogP contribution in [0, 0.1) is 0 Å². The van der Waals surface area contributed by atoms with Crippen molar-refractivity contribution in [2.45, 2.75) is 43.3 Å². The van der Waals surface area contributed by atoms with Gasteiger partial charge < -0.3 is 16.4 Å². The number of benzene rings is 1. The summed E-state index contributed by atoms with van der Waals surface area (Å²) in [6.07, 6.45) is 7.06. The Morgan fingerprint density at radius 3 is 2.41 bits per heavy atom. The third-order valence-electron chi connectivity index (χ3n) is 6.87. The molecule has 1 aromatic heterocycles. The van der Waals surface area contributed by atoms with Crippen LogP contribution in [-0.2, 0) is 16.9 Å². The molecule has 1 saturated heterocycles. The van der Waals surface area contributed by atoms with Gasteiger partial charge >= 0.3 is 6.03 Å². The molecule has 1 spiro atoms. The molecular formula is C23H31N7O2. The number of amides is 3. The first kappa shape index (κ1) is 22.2. The van der Waals surface area contributed by atoms with Gasteiger partial charge in [-0.1, -0.05) is 30.3 Å². The number of hydrogen-bond donors (Lipinski definition) is 3. The second kappa shape index (κ2) is 8.84. The molecule has 2 aliphatic rings. The summed E-state index contributed by atoms with van der Waals surface area (Å²) < 4.78 is 0. The minimum absolute atomic E-state index is 0.0205. The van der Waals surface area contributed by atoms with E-state index < -0.39 is 5.91 Å². The number of primary amides is 1. The molecule has 1 aliphatic carbocycles. The van der Waals surface area contributed by atoms with E-state index in [4.69, 9.17) is 5.73 Å². The van der Waals surface area contributed by atoms with E-state index in [2.05, 4.69) is 63.9 Å². The standard InChI is InChI=1S/C23H31N7O2/c1-29(2)23(17-6-4-3-5-7-17)10-8-22(9-11-23)16-30(21(32)28-22)18-12-26-20(27-13-18)15-25-14-19(24)31/h3-7,12-13,25H,8-11,14-16H2,1-2H3,(H2,24,31)(H,28,32). The van der Waals surface area contributed by atoms with Crippen LogP contribution in [-0.4, -0.2) is 59.5 Å². The molecule has 0 radical (unpaired) electrons. The van der Waals surface area contributed by atoms with Gasteiger partial charge in [0.1, 0.15) is 5.82 Å². The molecule has 2 heterocycles. The second-order valence-electron chi connectivity index (χ2n) is 9.02. The number of nitrogens with one attached hydrogen (secondary N) is 2. The minimum atomic E-state index is -0.432. The molecular weight excluding hydrogens is 406 g/mol. The van der Waals surface area contributed by atoms with Gasteiger partial charge in [0.15, 0.2) is 0 Å². The number of urea groups is 1. The SMILES string of the molecule is CN(C)C1(c2ccccc2)CCC2(CC1)CN(c1cnc(CNCC(N)=O)nc1)C(=O)N2. The quantitative estimate of drug-likeness (QED) is 0.602. The summed E-state index contributed by atoms with van der Waals surface area (Å²) >= 11 is 0. The molecule has 9 nitrogen and oxygen atoms in total. The molecule has 170 valence electrons. The molecule has 3 amide bonds. The first-order valence-electron chi connectivity index (χ1n) is 11.0. The summed E-state index contributed by atoms with van der Waals surface area (Å²) in [5, 5.41) is 6.14. The lowest BCUT2D eigenvalue weighted by Gasteiger charge is -2.48. The molecule has 9 heteroatoms. The molecule has 0 unspecified atom stereocenters. The number of nitrogens with zero attached hydrogens (tertiary/aromatic N) is 4. The first-order chi connectivity index (χ1) is 15.3. The van der Waals surface area contributed by atoms with Crippen molar-refractivity contribution in [3.05, 3.63) is 54.1 Å². The van der Waals surface area contributed by atoms with Gasteiger partial charge in [-0.3, -0.25) is 14.6 Å². The zero-order chi connectivity index (χ0) is 22.8. The van der Waals surface area contributed by atoms with Crippen LogP contribution in [0.25, 0.3) is 0 Å². The summed E-state index contributed by atoms with van der Waals surface area (Å²) in [4.78, 5) is 36.3. The van der Waals surface area contributed by atoms with Gasteiger partial charge in [-0.2, -0.15) is 0 Å². The molecule has 0 atom stereocenters. The predicted molar refractivity (Wildman–Crippen MR) is 122 cm³/mol. The van der Waals surface area contributed by atoms with Gasteiger partial charge in [0.25, 0.3) is 0 Å². The summed E-state index contributed by atoms with van der Waals surface area (Å²) in [7, 11) is 4.28. The van der Waals surface area contributed by atoms with E-state index in [9.17, 15) is 9.59 Å². The number of anilines is 1. The summed E-state index contributed by atoms with van der Waals surface area (Å²) in [5.74, 6) is 0.110. The maximum atomic E-state index is 12.8. The lowest BCUT2D eigenvalue weighted by atomic mass is 9.69. The van der Waals surface area contributed by atoms with Crippen LogP contribution in [0.4, 0.5) is 10.5 Å². The van der Waals surface area contributed by atoms with Crippen LogP contribution in [0.1, 0.15) is 37.1 Å². The van der Waals surface area contributed by atoms with Gasteiger partial charge in [0, 0.05) is 5.54 Å². The van der Waals surface area contributed by atoms with Gasteiger partial charge in [-0.05, 0) is 45.3 Å². The van der Waals surface area contributed by atoms with Crippen LogP contribution in [0.2, 0.25) is 0 Å². The highest BCUT2D eigenvalue weighted by Gasteiger charge is 2.50. The van der Waals surface area contributed by atoms with E-state index in [1.165, 1.54) is 5.56 Å². The van der Waals surface area contributed by atoms with Gasteiger partial charge in [0.05, 0.1) is 43.3 Å². The van der Waals surface area contributed by atoms with E-state index in [1.807, 2.05) is 6.07 Å². The first-order valence-corrected chi connectivity index (χ1v) is 11.0. The number of hydrogen-bond acceptors (Lipinski definition) is 6. The van der Waals surface area contributed by atoms with Crippen molar-refractivity contribution in [3.63, 3.8) is 0 Å². The Hall–Kier alpha value is -3.04. The van der Waals surface area contributed by atoms with Crippen molar-refractivity contribution < 1.29 is 9.59 Å². The molecule has 1 aromatic carbocycles. The Balaban J connectivity index is 1.43. The van der Waals surface area contributed by atoms with Crippen molar-refractivity contribution in [3.8, 4) is 0 Å². The highest BCUT2D eigenvalue weighted by atomic mass is 16.2. The van der Waals surface area contributed by atoms with Crippen molar-refractivity contribution in [1.29, 1.82) is 0 Å². The van der Waals surface area contributed by atoms with Crippen molar-refractivity contribution in [2.75, 3.05) is 32.1 Å². The van der Waals surface area contributed by atoms with Gasteiger partial charge in [-0.15, -0.1) is 0 Å². The Bertz CT molecular complexity index is 954. The van der Waals surface area contributed by atoms with Crippen molar-refractivity contribution in [1.82, 2.24) is 25.5 Å². The Morgan fingerprint density at radius 2 is 1.81 bits per heavy atom. The third kappa shape index (κ3) is 4.31. The minimum Gasteiger partial charge on any atom is -0.369 e. The number of carbonyl (C=O) groups is 2. The third-order valence-corrected chi connectivity index (χ3v) is 6.87. The molecule has 1 aliphatic heterocycles. The monoisotopic (exact) mass is 437 g/mol. The predicted octanol–water partition coefficient (Wildman–Crippen LogP) is 1.35. The lowest BCUT2D eigenvalue weighted by Crippen LogP contribution is -2.54. The fourth-order valence-corrected chi connectivity index (χ4v) is 4.96. The lowest BCUT2D eigenvalue weighted by molar-refractivity contribution is -0.117. The maximum absolute atomic E-state index is 12.8. The molecule has 2 fully saturated rings. The Morgan fingerprint density at radius 1 is 1.16 bits per heavy atom. The van der Waals surface area contributed by atoms with Crippen molar-refractivity contribution >= 4 is 17.6 Å². The Kier molecular flexibility index (Phi) is 6.12. The second-order valence-corrected chi connectivity index (χ2v) is 9.02. The van der Waals surface area contributed by atoms with Gasteiger partial charge in [-0.25, -0.2) is 14.8 Å². The van der Waals surface area contributed by atoms with E-state index in [0.29, 0.717) is 24.6 Å². The average molecular weight is 438 g/mol. The summed E-state index contributed by atoms with van der Waals surface area (Å²) in [5.41, 5.74) is 6.85. The zero-order valence-corrected chi connectivity index (χ0v) is 18.7. The largest absolute Gasteiger partial charge is 0.369 e. The highest BCUT2D eigenvalue weighted by molar-refractivity contribution is 5.95. The molecule has 4 N–H and O–H groups in total. The number of aromatic nitrogens is 2. The van der Waals surface area contributed by atoms with Crippen LogP contribution < -0.4 is 21.3 Å². The highest BCUT2D eigenvalue weighted by Crippen LogP contribution is 2.46. The number of carbonyl (C=O) groups excluding carboxylic acids is 2. The van der Waals surface area contributed by atoms with E-state index in [0.717, 1.165) is 25.7 Å². The summed E-state index contributed by atoms with van der Waals surface area (Å²) in [6.45, 7) is 1.01. The van der Waals surface area contributed by atoms with Gasteiger partial charge in [0.2, 0.25) is 5.91 Å². The van der Waals surface area contributed by atoms with E-state index >= 15 is 0 Å². The fourth-order valence-electron chi connectivity index (χ4n) is 4.96. The molecule has 2 aromatic rings. The molecule has 1 saturated carbocycles. The van der Waals surface area contributed by atoms with E-state index in [1.54, 1.807) is 17.3 Å². The normalized spacial score (nSPS) is 25.3. The topological polar surface area (TPSA) is 116 Å². The maximum Gasteiger partial charge on any atom is 0.322 e. The van der Waals surface area contributed by atoms with Crippen LogP contribution in [0.3, 0.4) is 0 Å². The van der Waals surface area contributed by atoms with Crippen LogP contribution in [0.15, 0.2) is 42.7 Å². The smallest absolute Gasteiger partial charge is 0.322 e. The van der Waals surface area contributed by atoms with Crippen LogP contribution in [0.5, 0.6) is 0 Å². The fraction of sp³-hybridized carbons (Fsp3) is 0.478. The molecule has 4 rings (SSSR count). The van der Waals surface area contributed by atoms with E-state index in [-0.39, 0.29) is 23.7 Å². The zero-order valence-electron chi connectivity index (χ0n) is 18.7. The molecule has 0 bridgehead atoms. The summed E-state index contributed by atoms with van der Waals surface area (Å²) in [6, 6.07) is 10.5. The Labute approximate surface area is 188 Å². The number of nitrogens with two attached hydrogens (primary N) is 1. The number of rotatable bonds is 7.